The maximum atomic E-state index is 5.25. The number of aryl methyl sites for hydroxylation is 1. The number of nitrogens with zero attached hydrogens (tertiary/aromatic N) is 2. The summed E-state index contributed by atoms with van der Waals surface area (Å²) in [4.78, 5) is 0. The minimum atomic E-state index is -0.0203. The fourth-order valence-corrected chi connectivity index (χ4v) is 2.04. The first kappa shape index (κ1) is 16.2. The summed E-state index contributed by atoms with van der Waals surface area (Å²) in [6.07, 6.45) is 7.72. The van der Waals surface area contributed by atoms with E-state index in [0.29, 0.717) is 0 Å². The van der Waals surface area contributed by atoms with E-state index >= 15 is 0 Å². The summed E-state index contributed by atoms with van der Waals surface area (Å²) in [5.74, 6) is -0.0203. The van der Waals surface area contributed by atoms with E-state index < -0.39 is 0 Å². The van der Waals surface area contributed by atoms with E-state index in [1.54, 1.807) is 0 Å². The fraction of sp³-hybridized carbons (Fsp3) is 0.500. The van der Waals surface area contributed by atoms with Crippen LogP contribution in [0.4, 0.5) is 0 Å². The zero-order valence-corrected chi connectivity index (χ0v) is 12.6. The third kappa shape index (κ3) is 6.36. The Morgan fingerprint density at radius 2 is 1.60 bits per heavy atom. The second-order valence-electron chi connectivity index (χ2n) is 5.07. The zero-order valence-electron chi connectivity index (χ0n) is 12.6. The Balaban J connectivity index is 2.48. The molecule has 20 heavy (non-hydrogen) atoms. The van der Waals surface area contributed by atoms with Crippen LogP contribution in [-0.4, -0.2) is 11.7 Å². The molecular formula is C16H26N4. The van der Waals surface area contributed by atoms with Crippen molar-refractivity contribution < 1.29 is 0 Å². The molecule has 1 aromatic carbocycles. The Bertz CT molecular complexity index is 442. The van der Waals surface area contributed by atoms with Crippen LogP contribution in [0.25, 0.3) is 0 Å². The predicted octanol–water partition coefficient (Wildman–Crippen LogP) is 3.20. The van der Waals surface area contributed by atoms with Crippen molar-refractivity contribution in [2.45, 2.75) is 52.4 Å². The molecule has 0 radical (unpaired) electrons. The number of nitrogens with two attached hydrogens (primary N) is 2. The summed E-state index contributed by atoms with van der Waals surface area (Å²) in [5.41, 5.74) is 13.7. The van der Waals surface area contributed by atoms with E-state index in [4.69, 9.17) is 11.5 Å². The Kier molecular flexibility index (Phi) is 7.40. The van der Waals surface area contributed by atoms with E-state index in [1.165, 1.54) is 37.7 Å². The van der Waals surface area contributed by atoms with Gasteiger partial charge in [-0.15, -0.1) is 5.10 Å². The van der Waals surface area contributed by atoms with Crippen molar-refractivity contribution >= 4 is 11.7 Å². The second-order valence-corrected chi connectivity index (χ2v) is 5.07. The van der Waals surface area contributed by atoms with Crippen LogP contribution < -0.4 is 11.5 Å². The molecule has 4 N–H and O–H groups in total. The highest BCUT2D eigenvalue weighted by molar-refractivity contribution is 5.99. The summed E-state index contributed by atoms with van der Waals surface area (Å²) in [6, 6.07) is 8.46. The van der Waals surface area contributed by atoms with Crippen molar-refractivity contribution in [2.24, 2.45) is 21.7 Å². The molecule has 1 aromatic rings. The molecule has 0 saturated carbocycles. The zero-order chi connectivity index (χ0) is 14.8. The summed E-state index contributed by atoms with van der Waals surface area (Å²) in [7, 11) is 0. The van der Waals surface area contributed by atoms with Gasteiger partial charge in [0.05, 0.1) is 5.71 Å². The molecule has 0 amide bonds. The highest BCUT2D eigenvalue weighted by atomic mass is 15.3. The summed E-state index contributed by atoms with van der Waals surface area (Å²) < 4.78 is 0. The Morgan fingerprint density at radius 3 is 2.20 bits per heavy atom. The molecule has 0 aliphatic carbocycles. The van der Waals surface area contributed by atoms with Crippen LogP contribution >= 0.6 is 0 Å². The molecule has 0 aliphatic rings. The molecule has 0 aliphatic heterocycles. The molecule has 4 heteroatoms. The van der Waals surface area contributed by atoms with Crippen LogP contribution in [0.15, 0.2) is 34.5 Å². The van der Waals surface area contributed by atoms with Gasteiger partial charge in [0.1, 0.15) is 0 Å². The molecule has 0 saturated heterocycles. The van der Waals surface area contributed by atoms with Crippen molar-refractivity contribution in [1.29, 1.82) is 0 Å². The molecule has 0 heterocycles. The molecule has 0 atom stereocenters. The summed E-state index contributed by atoms with van der Waals surface area (Å²) in [5, 5.41) is 7.64. The van der Waals surface area contributed by atoms with Gasteiger partial charge < -0.3 is 11.5 Å². The van der Waals surface area contributed by atoms with Crippen LogP contribution in [0.5, 0.6) is 0 Å². The minimum Gasteiger partial charge on any atom is -0.369 e. The summed E-state index contributed by atoms with van der Waals surface area (Å²) in [6.45, 7) is 4.14. The molecule has 0 bridgehead atoms. The molecule has 0 fully saturated rings. The minimum absolute atomic E-state index is 0.0203. The van der Waals surface area contributed by atoms with E-state index in [0.717, 1.165) is 17.7 Å². The third-order valence-corrected chi connectivity index (χ3v) is 3.26. The number of benzene rings is 1. The van der Waals surface area contributed by atoms with Gasteiger partial charge in [-0.05, 0) is 30.9 Å². The van der Waals surface area contributed by atoms with Crippen LogP contribution in [0.1, 0.15) is 57.1 Å². The van der Waals surface area contributed by atoms with Gasteiger partial charge in [0.2, 0.25) is 5.96 Å². The molecule has 1 rings (SSSR count). The van der Waals surface area contributed by atoms with Crippen molar-refractivity contribution in [2.75, 3.05) is 0 Å². The Morgan fingerprint density at radius 1 is 0.950 bits per heavy atom. The van der Waals surface area contributed by atoms with E-state index in [9.17, 15) is 0 Å². The molecule has 0 aromatic heterocycles. The standard InChI is InChI=1S/C16H26N4/c1-3-4-5-6-7-8-14-9-11-15(12-10-14)13(2)19-20-16(17)18/h9-12H,3-8H2,1-2H3,(H4,17,18,20). The largest absolute Gasteiger partial charge is 0.369 e. The average molecular weight is 274 g/mol. The van der Waals surface area contributed by atoms with Crippen molar-refractivity contribution in [3.05, 3.63) is 35.4 Å². The lowest BCUT2D eigenvalue weighted by atomic mass is 10.0. The highest BCUT2D eigenvalue weighted by Crippen LogP contribution is 2.11. The number of hydrogen-bond acceptors (Lipinski definition) is 2. The number of unbranched alkanes of at least 4 members (excludes halogenated alkanes) is 4. The van der Waals surface area contributed by atoms with Gasteiger partial charge in [-0.3, -0.25) is 0 Å². The van der Waals surface area contributed by atoms with Crippen LogP contribution in [0.2, 0.25) is 0 Å². The first-order chi connectivity index (χ1) is 9.63. The van der Waals surface area contributed by atoms with Crippen LogP contribution in [0.3, 0.4) is 0 Å². The number of rotatable bonds is 8. The molecule has 4 nitrogen and oxygen atoms in total. The van der Waals surface area contributed by atoms with Crippen LogP contribution in [0, 0.1) is 0 Å². The highest BCUT2D eigenvalue weighted by Gasteiger charge is 1.99. The average Bonchev–Trinajstić information content (AvgIpc) is 2.45. The van der Waals surface area contributed by atoms with Gasteiger partial charge in [0, 0.05) is 0 Å². The Hall–Kier alpha value is -1.84. The van der Waals surface area contributed by atoms with Gasteiger partial charge in [-0.1, -0.05) is 56.9 Å². The number of guanidine groups is 1. The quantitative estimate of drug-likeness (QED) is 0.330. The molecular weight excluding hydrogens is 248 g/mol. The molecule has 0 spiro atoms. The van der Waals surface area contributed by atoms with E-state index in [2.05, 4.69) is 41.4 Å². The van der Waals surface area contributed by atoms with E-state index in [-0.39, 0.29) is 5.96 Å². The van der Waals surface area contributed by atoms with Crippen molar-refractivity contribution in [3.8, 4) is 0 Å². The SMILES string of the molecule is CCCCCCCc1ccc(C(C)=NN=C(N)N)cc1. The maximum Gasteiger partial charge on any atom is 0.211 e. The molecule has 0 unspecified atom stereocenters. The van der Waals surface area contributed by atoms with Gasteiger partial charge in [-0.25, -0.2) is 0 Å². The van der Waals surface area contributed by atoms with Gasteiger partial charge in [0.25, 0.3) is 0 Å². The first-order valence-corrected chi connectivity index (χ1v) is 7.36. The van der Waals surface area contributed by atoms with E-state index in [1.807, 2.05) is 6.92 Å². The van der Waals surface area contributed by atoms with Crippen molar-refractivity contribution in [3.63, 3.8) is 0 Å². The first-order valence-electron chi connectivity index (χ1n) is 7.36. The predicted molar refractivity (Wildman–Crippen MR) is 86.9 cm³/mol. The number of hydrogen-bond donors (Lipinski definition) is 2. The van der Waals surface area contributed by atoms with Gasteiger partial charge >= 0.3 is 0 Å². The maximum absolute atomic E-state index is 5.25. The third-order valence-electron chi connectivity index (χ3n) is 3.26. The lowest BCUT2D eigenvalue weighted by molar-refractivity contribution is 0.632. The Labute approximate surface area is 122 Å². The smallest absolute Gasteiger partial charge is 0.211 e. The molecule has 110 valence electrons. The van der Waals surface area contributed by atoms with Gasteiger partial charge in [0.15, 0.2) is 0 Å². The fourth-order valence-electron chi connectivity index (χ4n) is 2.04. The monoisotopic (exact) mass is 274 g/mol. The van der Waals surface area contributed by atoms with Crippen molar-refractivity contribution in [1.82, 2.24) is 0 Å². The lowest BCUT2D eigenvalue weighted by Crippen LogP contribution is -2.22. The summed E-state index contributed by atoms with van der Waals surface area (Å²) >= 11 is 0. The van der Waals surface area contributed by atoms with Gasteiger partial charge in [-0.2, -0.15) is 5.10 Å². The lowest BCUT2D eigenvalue weighted by Gasteiger charge is -2.04. The topological polar surface area (TPSA) is 76.8 Å². The van der Waals surface area contributed by atoms with Crippen LogP contribution in [-0.2, 0) is 6.42 Å². The normalized spacial score (nSPS) is 11.4. The second kappa shape index (κ2) is 9.13.